The van der Waals surface area contributed by atoms with E-state index in [1.54, 1.807) is 25.3 Å². The molecule has 1 N–H and O–H groups in total. The van der Waals surface area contributed by atoms with Crippen LogP contribution in [0, 0.1) is 18.8 Å². The van der Waals surface area contributed by atoms with Gasteiger partial charge in [-0.3, -0.25) is 0 Å². The summed E-state index contributed by atoms with van der Waals surface area (Å²) in [5, 5.41) is 8.77. The maximum atomic E-state index is 13.0. The summed E-state index contributed by atoms with van der Waals surface area (Å²) in [6.45, 7) is 1.41. The summed E-state index contributed by atoms with van der Waals surface area (Å²) in [7, 11) is 1.57. The predicted molar refractivity (Wildman–Crippen MR) is 134 cm³/mol. The summed E-state index contributed by atoms with van der Waals surface area (Å²) >= 11 is 1.51. The van der Waals surface area contributed by atoms with Crippen LogP contribution >= 0.6 is 11.8 Å². The van der Waals surface area contributed by atoms with Gasteiger partial charge in [-0.1, -0.05) is 30.0 Å². The molecule has 0 heterocycles. The van der Waals surface area contributed by atoms with Crippen molar-refractivity contribution < 1.29 is 32.5 Å². The van der Waals surface area contributed by atoms with Crippen molar-refractivity contribution in [2.75, 3.05) is 19.5 Å². The monoisotopic (exact) mass is 512 g/mol. The molecule has 0 amide bonds. The van der Waals surface area contributed by atoms with Gasteiger partial charge in [0.1, 0.15) is 11.5 Å². The van der Waals surface area contributed by atoms with Crippen LogP contribution in [0.25, 0.3) is 5.57 Å². The summed E-state index contributed by atoms with van der Waals surface area (Å²) in [5.74, 6) is 6.80. The third kappa shape index (κ3) is 7.85. The molecule has 36 heavy (non-hydrogen) atoms. The molecule has 0 aromatic heterocycles. The molecule has 0 bridgehead atoms. The van der Waals surface area contributed by atoms with Crippen molar-refractivity contribution >= 4 is 23.3 Å². The molecule has 0 aliphatic heterocycles. The maximum Gasteiger partial charge on any atom is 0.416 e. The first kappa shape index (κ1) is 26.8. The lowest BCUT2D eigenvalue weighted by Crippen LogP contribution is -2.09. The Hall–Kier alpha value is -3.83. The molecule has 0 radical (unpaired) electrons. The molecule has 186 valence electrons. The van der Waals surface area contributed by atoms with E-state index in [1.807, 2.05) is 37.3 Å². The van der Waals surface area contributed by atoms with Crippen molar-refractivity contribution in [3.8, 4) is 23.3 Å². The Morgan fingerprint density at radius 3 is 2.33 bits per heavy atom. The van der Waals surface area contributed by atoms with Gasteiger partial charge in [-0.05, 0) is 72.6 Å². The number of carboxylic acids is 1. The van der Waals surface area contributed by atoms with E-state index in [2.05, 4.69) is 11.8 Å². The summed E-state index contributed by atoms with van der Waals surface area (Å²) in [5.41, 5.74) is 2.01. The number of rotatable bonds is 8. The Bertz CT molecular complexity index is 1290. The molecule has 3 aromatic carbocycles. The Kier molecular flexibility index (Phi) is 9.09. The number of carbonyl (C=O) groups is 1. The number of hydrogen-bond acceptors (Lipinski definition) is 4. The molecule has 0 spiro atoms. The number of alkyl halides is 3. The standard InChI is InChI=1S/C28H23F3O4S/c1-19-17-25(13-14-26(19)35-18-27(32)33)36-16-15-22(6-3-20-4-11-24(34-2)12-5-20)21-7-9-23(10-8-21)28(29,30)31/h4-5,7-15,17H,16,18H2,1-2H3,(H,32,33)/b22-15+. The topological polar surface area (TPSA) is 55.8 Å². The number of benzene rings is 3. The van der Waals surface area contributed by atoms with Gasteiger partial charge in [0.2, 0.25) is 0 Å². The highest BCUT2D eigenvalue weighted by molar-refractivity contribution is 7.99. The van der Waals surface area contributed by atoms with Crippen LogP contribution in [0.1, 0.15) is 22.3 Å². The minimum Gasteiger partial charge on any atom is -0.497 e. The van der Waals surface area contributed by atoms with Gasteiger partial charge < -0.3 is 14.6 Å². The number of aryl methyl sites for hydroxylation is 1. The van der Waals surface area contributed by atoms with Gasteiger partial charge in [0.15, 0.2) is 6.61 Å². The Morgan fingerprint density at radius 2 is 1.75 bits per heavy atom. The molecule has 0 fully saturated rings. The summed E-state index contributed by atoms with van der Waals surface area (Å²) < 4.78 is 49.4. The summed E-state index contributed by atoms with van der Waals surface area (Å²) in [4.78, 5) is 11.6. The number of ether oxygens (including phenoxy) is 2. The predicted octanol–water partition coefficient (Wildman–Crippen LogP) is 6.71. The van der Waals surface area contributed by atoms with Crippen LogP contribution in [-0.4, -0.2) is 30.5 Å². The van der Waals surface area contributed by atoms with Crippen molar-refractivity contribution in [3.05, 3.63) is 95.1 Å². The number of thioether (sulfide) groups is 1. The van der Waals surface area contributed by atoms with Crippen molar-refractivity contribution in [3.63, 3.8) is 0 Å². The van der Waals surface area contributed by atoms with Crippen LogP contribution in [0.3, 0.4) is 0 Å². The molecular weight excluding hydrogens is 489 g/mol. The van der Waals surface area contributed by atoms with E-state index in [0.29, 0.717) is 28.4 Å². The van der Waals surface area contributed by atoms with Crippen molar-refractivity contribution in [1.82, 2.24) is 0 Å². The number of aliphatic carboxylic acids is 1. The first-order valence-electron chi connectivity index (χ1n) is 10.8. The third-order valence-electron chi connectivity index (χ3n) is 4.99. The van der Waals surface area contributed by atoms with Crippen molar-refractivity contribution in [2.24, 2.45) is 0 Å². The van der Waals surface area contributed by atoms with E-state index in [1.165, 1.54) is 23.9 Å². The van der Waals surface area contributed by atoms with Gasteiger partial charge in [0, 0.05) is 21.8 Å². The quantitative estimate of drug-likeness (QED) is 0.268. The van der Waals surface area contributed by atoms with Gasteiger partial charge in [-0.15, -0.1) is 11.8 Å². The number of halogens is 3. The lowest BCUT2D eigenvalue weighted by atomic mass is 10.0. The minimum absolute atomic E-state index is 0.417. The second kappa shape index (κ2) is 12.2. The second-order valence-electron chi connectivity index (χ2n) is 7.59. The average Bonchev–Trinajstić information content (AvgIpc) is 2.85. The van der Waals surface area contributed by atoms with Crippen LogP contribution < -0.4 is 9.47 Å². The van der Waals surface area contributed by atoms with Crippen LogP contribution in [0.4, 0.5) is 13.2 Å². The molecule has 0 aliphatic rings. The first-order valence-corrected chi connectivity index (χ1v) is 11.8. The van der Waals surface area contributed by atoms with E-state index in [0.717, 1.165) is 28.2 Å². The van der Waals surface area contributed by atoms with Gasteiger partial charge in [0.05, 0.1) is 12.7 Å². The highest BCUT2D eigenvalue weighted by atomic mass is 32.2. The van der Waals surface area contributed by atoms with Gasteiger partial charge >= 0.3 is 12.1 Å². The number of allylic oxidation sites excluding steroid dienone is 1. The van der Waals surface area contributed by atoms with E-state index in [-0.39, 0.29) is 0 Å². The fraction of sp³-hybridized carbons (Fsp3) is 0.179. The number of hydrogen-bond donors (Lipinski definition) is 1. The highest BCUT2D eigenvalue weighted by Gasteiger charge is 2.30. The largest absolute Gasteiger partial charge is 0.497 e. The summed E-state index contributed by atoms with van der Waals surface area (Å²) in [6.07, 6.45) is -2.54. The molecule has 8 heteroatoms. The smallest absolute Gasteiger partial charge is 0.416 e. The van der Waals surface area contributed by atoms with Gasteiger partial charge in [0.25, 0.3) is 0 Å². The molecule has 3 rings (SSSR count). The Balaban J connectivity index is 1.81. The first-order chi connectivity index (χ1) is 17.2. The zero-order chi connectivity index (χ0) is 26.1. The zero-order valence-corrected chi connectivity index (χ0v) is 20.4. The normalized spacial score (nSPS) is 11.4. The molecule has 0 unspecified atom stereocenters. The Morgan fingerprint density at radius 1 is 1.06 bits per heavy atom. The molecule has 0 saturated heterocycles. The molecule has 4 nitrogen and oxygen atoms in total. The van der Waals surface area contributed by atoms with Crippen molar-refractivity contribution in [1.29, 1.82) is 0 Å². The highest BCUT2D eigenvalue weighted by Crippen LogP contribution is 2.31. The summed E-state index contributed by atoms with van der Waals surface area (Å²) in [6, 6.07) is 17.5. The zero-order valence-electron chi connectivity index (χ0n) is 19.6. The number of methoxy groups -OCH3 is 1. The third-order valence-corrected chi connectivity index (χ3v) is 5.91. The lowest BCUT2D eigenvalue weighted by Gasteiger charge is -2.09. The SMILES string of the molecule is COc1ccc(C#C/C(=C\CSc2ccc(OCC(=O)O)c(C)c2)c2ccc(C(F)(F)F)cc2)cc1. The van der Waals surface area contributed by atoms with Crippen LogP contribution in [0.15, 0.2) is 77.7 Å². The van der Waals surface area contributed by atoms with Crippen LogP contribution in [-0.2, 0) is 11.0 Å². The van der Waals surface area contributed by atoms with Gasteiger partial charge in [-0.25, -0.2) is 4.79 Å². The molecule has 0 aliphatic carbocycles. The van der Waals surface area contributed by atoms with Crippen LogP contribution in [0.2, 0.25) is 0 Å². The maximum absolute atomic E-state index is 13.0. The van der Waals surface area contributed by atoms with E-state index in [4.69, 9.17) is 14.6 Å². The van der Waals surface area contributed by atoms with Gasteiger partial charge in [-0.2, -0.15) is 13.2 Å². The fourth-order valence-corrected chi connectivity index (χ4v) is 3.99. The van der Waals surface area contributed by atoms with E-state index >= 15 is 0 Å². The van der Waals surface area contributed by atoms with Crippen LogP contribution in [0.5, 0.6) is 11.5 Å². The molecule has 0 saturated carbocycles. The lowest BCUT2D eigenvalue weighted by molar-refractivity contribution is -0.139. The second-order valence-corrected chi connectivity index (χ2v) is 8.69. The number of carboxylic acid groups (broad SMARTS) is 1. The minimum atomic E-state index is -4.41. The average molecular weight is 513 g/mol. The van der Waals surface area contributed by atoms with E-state index < -0.39 is 24.3 Å². The van der Waals surface area contributed by atoms with Crippen molar-refractivity contribution in [2.45, 2.75) is 18.0 Å². The fourth-order valence-electron chi connectivity index (χ4n) is 3.13. The molecule has 3 aromatic rings. The Labute approximate surface area is 211 Å². The van der Waals surface area contributed by atoms with E-state index in [9.17, 15) is 18.0 Å². The molecule has 0 atom stereocenters. The molecular formula is C28H23F3O4S.